The first kappa shape index (κ1) is 12.1. The molecule has 1 heterocycles. The molecule has 0 amide bonds. The Morgan fingerprint density at radius 1 is 1.24 bits per heavy atom. The van der Waals surface area contributed by atoms with E-state index < -0.39 is 0 Å². The summed E-state index contributed by atoms with van der Waals surface area (Å²) >= 11 is 0. The lowest BCUT2D eigenvalue weighted by Crippen LogP contribution is -2.47. The molecule has 0 unspecified atom stereocenters. The predicted molar refractivity (Wildman–Crippen MR) is 70.5 cm³/mol. The Morgan fingerprint density at radius 3 is 2.53 bits per heavy atom. The van der Waals surface area contributed by atoms with Crippen molar-refractivity contribution in [1.29, 1.82) is 0 Å². The van der Waals surface area contributed by atoms with Crippen LogP contribution in [-0.2, 0) is 4.79 Å². The number of anilines is 1. The summed E-state index contributed by atoms with van der Waals surface area (Å²) in [6, 6.07) is 8.61. The number of ketones is 1. The lowest BCUT2D eigenvalue weighted by Gasteiger charge is -2.35. The number of hydrogen-bond acceptors (Lipinski definition) is 3. The van der Waals surface area contributed by atoms with Gasteiger partial charge in [-0.2, -0.15) is 0 Å². The van der Waals surface area contributed by atoms with Gasteiger partial charge in [0.05, 0.1) is 6.54 Å². The van der Waals surface area contributed by atoms with E-state index in [9.17, 15) is 4.79 Å². The highest BCUT2D eigenvalue weighted by molar-refractivity contribution is 5.77. The minimum Gasteiger partial charge on any atom is -0.369 e. The van der Waals surface area contributed by atoms with E-state index in [1.807, 2.05) is 0 Å². The van der Waals surface area contributed by atoms with Crippen molar-refractivity contribution >= 4 is 11.5 Å². The largest absolute Gasteiger partial charge is 0.369 e. The molecule has 2 rings (SSSR count). The van der Waals surface area contributed by atoms with Gasteiger partial charge >= 0.3 is 0 Å². The zero-order valence-electron chi connectivity index (χ0n) is 10.6. The van der Waals surface area contributed by atoms with E-state index in [1.165, 1.54) is 11.3 Å². The van der Waals surface area contributed by atoms with E-state index in [-0.39, 0.29) is 5.78 Å². The van der Waals surface area contributed by atoms with Crippen LogP contribution in [-0.4, -0.2) is 43.4 Å². The normalized spacial score (nSPS) is 17.2. The molecule has 1 aromatic carbocycles. The van der Waals surface area contributed by atoms with Crippen LogP contribution in [0.2, 0.25) is 0 Å². The molecule has 0 atom stereocenters. The van der Waals surface area contributed by atoms with Crippen LogP contribution in [0.1, 0.15) is 12.5 Å². The zero-order chi connectivity index (χ0) is 12.3. The second-order valence-electron chi connectivity index (χ2n) is 4.80. The van der Waals surface area contributed by atoms with Crippen LogP contribution in [0.3, 0.4) is 0 Å². The number of carbonyl (C=O) groups excluding carboxylic acids is 1. The SMILES string of the molecule is CC(=O)CN1CCN(c2cccc(C)c2)CC1. The summed E-state index contributed by atoms with van der Waals surface area (Å²) in [6.07, 6.45) is 0. The Labute approximate surface area is 103 Å². The topological polar surface area (TPSA) is 23.6 Å². The van der Waals surface area contributed by atoms with Gasteiger partial charge in [-0.05, 0) is 31.5 Å². The van der Waals surface area contributed by atoms with Gasteiger partial charge in [-0.25, -0.2) is 0 Å². The van der Waals surface area contributed by atoms with E-state index >= 15 is 0 Å². The van der Waals surface area contributed by atoms with Crippen molar-refractivity contribution < 1.29 is 4.79 Å². The Balaban J connectivity index is 1.93. The lowest BCUT2D eigenvalue weighted by atomic mass is 10.2. The van der Waals surface area contributed by atoms with Crippen LogP contribution in [0.15, 0.2) is 24.3 Å². The highest BCUT2D eigenvalue weighted by Gasteiger charge is 2.17. The minimum absolute atomic E-state index is 0.258. The number of nitrogens with zero attached hydrogens (tertiary/aromatic N) is 2. The molecule has 3 heteroatoms. The third-order valence-electron chi connectivity index (χ3n) is 3.19. The molecule has 1 aliphatic heterocycles. The third-order valence-corrected chi connectivity index (χ3v) is 3.19. The summed E-state index contributed by atoms with van der Waals surface area (Å²) in [5.41, 5.74) is 2.60. The van der Waals surface area contributed by atoms with E-state index in [2.05, 4.69) is 41.0 Å². The first-order valence-electron chi connectivity index (χ1n) is 6.18. The summed E-state index contributed by atoms with van der Waals surface area (Å²) in [7, 11) is 0. The second kappa shape index (κ2) is 5.32. The minimum atomic E-state index is 0.258. The third kappa shape index (κ3) is 3.30. The van der Waals surface area contributed by atoms with Gasteiger partial charge in [-0.15, -0.1) is 0 Å². The summed E-state index contributed by atoms with van der Waals surface area (Å²) < 4.78 is 0. The molecule has 1 aliphatic rings. The van der Waals surface area contributed by atoms with Crippen LogP contribution in [0.5, 0.6) is 0 Å². The first-order chi connectivity index (χ1) is 8.15. The zero-order valence-corrected chi connectivity index (χ0v) is 10.6. The average Bonchev–Trinajstić information content (AvgIpc) is 2.29. The maximum atomic E-state index is 11.1. The Morgan fingerprint density at radius 2 is 1.94 bits per heavy atom. The van der Waals surface area contributed by atoms with Crippen LogP contribution in [0.4, 0.5) is 5.69 Å². The van der Waals surface area contributed by atoms with Gasteiger partial charge in [0.1, 0.15) is 5.78 Å². The van der Waals surface area contributed by atoms with Gasteiger partial charge in [-0.1, -0.05) is 12.1 Å². The van der Waals surface area contributed by atoms with Crippen molar-refractivity contribution in [3.05, 3.63) is 29.8 Å². The van der Waals surface area contributed by atoms with Gasteiger partial charge in [-0.3, -0.25) is 9.69 Å². The van der Waals surface area contributed by atoms with E-state index in [0.29, 0.717) is 6.54 Å². The standard InChI is InChI=1S/C14H20N2O/c1-12-4-3-5-14(10-12)16-8-6-15(7-9-16)11-13(2)17/h3-5,10H,6-9,11H2,1-2H3. The molecule has 92 valence electrons. The number of rotatable bonds is 3. The van der Waals surface area contributed by atoms with Crippen LogP contribution in [0.25, 0.3) is 0 Å². The van der Waals surface area contributed by atoms with Crippen LogP contribution < -0.4 is 4.90 Å². The van der Waals surface area contributed by atoms with Gasteiger partial charge in [0.15, 0.2) is 0 Å². The number of aryl methyl sites for hydroxylation is 1. The molecule has 0 N–H and O–H groups in total. The van der Waals surface area contributed by atoms with Crippen molar-refractivity contribution in [2.45, 2.75) is 13.8 Å². The van der Waals surface area contributed by atoms with E-state index in [0.717, 1.165) is 26.2 Å². The molecule has 1 saturated heterocycles. The predicted octanol–water partition coefficient (Wildman–Crippen LogP) is 1.71. The summed E-state index contributed by atoms with van der Waals surface area (Å²) in [4.78, 5) is 15.7. The molecule has 0 aliphatic carbocycles. The van der Waals surface area contributed by atoms with Gasteiger partial charge in [0.2, 0.25) is 0 Å². The molecule has 0 radical (unpaired) electrons. The average molecular weight is 232 g/mol. The van der Waals surface area contributed by atoms with Gasteiger partial charge < -0.3 is 4.90 Å². The van der Waals surface area contributed by atoms with E-state index in [4.69, 9.17) is 0 Å². The van der Waals surface area contributed by atoms with Gasteiger partial charge in [0.25, 0.3) is 0 Å². The molecule has 3 nitrogen and oxygen atoms in total. The van der Waals surface area contributed by atoms with Crippen molar-refractivity contribution in [1.82, 2.24) is 4.90 Å². The molecule has 0 aromatic heterocycles. The highest BCUT2D eigenvalue weighted by Crippen LogP contribution is 2.17. The Kier molecular flexibility index (Phi) is 3.79. The maximum absolute atomic E-state index is 11.1. The lowest BCUT2D eigenvalue weighted by molar-refractivity contribution is -0.118. The van der Waals surface area contributed by atoms with Crippen molar-refractivity contribution in [3.8, 4) is 0 Å². The summed E-state index contributed by atoms with van der Waals surface area (Å²) in [6.45, 7) is 8.36. The molecular formula is C14H20N2O. The molecule has 1 fully saturated rings. The number of piperazine rings is 1. The van der Waals surface area contributed by atoms with Crippen LogP contribution >= 0.6 is 0 Å². The molecular weight excluding hydrogens is 212 g/mol. The monoisotopic (exact) mass is 232 g/mol. The number of hydrogen-bond donors (Lipinski definition) is 0. The maximum Gasteiger partial charge on any atom is 0.143 e. The summed E-state index contributed by atoms with van der Waals surface area (Å²) in [5.74, 6) is 0.258. The van der Waals surface area contributed by atoms with Gasteiger partial charge in [0, 0.05) is 31.9 Å². The van der Waals surface area contributed by atoms with Crippen LogP contribution in [0, 0.1) is 6.92 Å². The number of carbonyl (C=O) groups is 1. The van der Waals surface area contributed by atoms with Crippen molar-refractivity contribution in [3.63, 3.8) is 0 Å². The first-order valence-corrected chi connectivity index (χ1v) is 6.18. The van der Waals surface area contributed by atoms with Crippen molar-refractivity contribution in [2.75, 3.05) is 37.6 Å². The smallest absolute Gasteiger partial charge is 0.143 e. The Bertz CT molecular complexity index is 395. The fourth-order valence-electron chi connectivity index (χ4n) is 2.30. The molecule has 17 heavy (non-hydrogen) atoms. The second-order valence-corrected chi connectivity index (χ2v) is 4.80. The Hall–Kier alpha value is -1.35. The number of benzene rings is 1. The molecule has 0 saturated carbocycles. The fourth-order valence-corrected chi connectivity index (χ4v) is 2.30. The fraction of sp³-hybridized carbons (Fsp3) is 0.500. The number of Topliss-reactive ketones (excluding diaryl/α,β-unsaturated/α-hetero) is 1. The highest BCUT2D eigenvalue weighted by atomic mass is 16.1. The van der Waals surface area contributed by atoms with E-state index in [1.54, 1.807) is 6.92 Å². The molecule has 0 spiro atoms. The summed E-state index contributed by atoms with van der Waals surface area (Å²) in [5, 5.41) is 0. The quantitative estimate of drug-likeness (QED) is 0.792. The van der Waals surface area contributed by atoms with Crippen molar-refractivity contribution in [2.24, 2.45) is 0 Å². The molecule has 1 aromatic rings. The molecule has 0 bridgehead atoms.